The molecule has 144 valence electrons. The van der Waals surface area contributed by atoms with Crippen molar-refractivity contribution in [3.8, 4) is 0 Å². The van der Waals surface area contributed by atoms with E-state index in [1.807, 2.05) is 19.2 Å². The van der Waals surface area contributed by atoms with Crippen LogP contribution in [-0.4, -0.2) is 39.7 Å². The lowest BCUT2D eigenvalue weighted by Crippen LogP contribution is -2.32. The van der Waals surface area contributed by atoms with Gasteiger partial charge in [0.05, 0.1) is 4.90 Å². The molecule has 0 aliphatic carbocycles. The number of amides is 1. The number of ether oxygens (including phenoxy) is 1. The molecule has 2 aromatic carbocycles. The first kappa shape index (κ1) is 20.9. The number of aryl methyl sites for hydroxylation is 1. The van der Waals surface area contributed by atoms with Crippen LogP contribution in [0.15, 0.2) is 58.3 Å². The molecule has 0 heterocycles. The lowest BCUT2D eigenvalue weighted by molar-refractivity contribution is -0.146. The van der Waals surface area contributed by atoms with Gasteiger partial charge < -0.3 is 10.1 Å². The molecule has 0 aliphatic rings. The van der Waals surface area contributed by atoms with E-state index in [9.17, 15) is 18.0 Å². The smallest absolute Gasteiger partial charge is 0.321 e. The first-order chi connectivity index (χ1) is 12.8. The van der Waals surface area contributed by atoms with Crippen molar-refractivity contribution in [2.24, 2.45) is 0 Å². The summed E-state index contributed by atoms with van der Waals surface area (Å²) in [6.07, 6.45) is 1.92. The quantitative estimate of drug-likeness (QED) is 0.513. The Kier molecular flexibility index (Phi) is 7.40. The maximum Gasteiger partial charge on any atom is 0.321 e. The third kappa shape index (κ3) is 6.70. The van der Waals surface area contributed by atoms with Gasteiger partial charge >= 0.3 is 5.97 Å². The summed E-state index contributed by atoms with van der Waals surface area (Å²) >= 11 is 1.53. The van der Waals surface area contributed by atoms with Crippen LogP contribution in [-0.2, 0) is 24.3 Å². The maximum absolute atomic E-state index is 12.1. The molecule has 0 aromatic heterocycles. The van der Waals surface area contributed by atoms with Crippen LogP contribution in [0.3, 0.4) is 0 Å². The second-order valence-electron chi connectivity index (χ2n) is 5.58. The Hall–Kier alpha value is -2.36. The molecular formula is C18H20N2O5S2. The van der Waals surface area contributed by atoms with Crippen molar-refractivity contribution in [2.75, 3.05) is 24.7 Å². The first-order valence-corrected chi connectivity index (χ1v) is 10.7. The maximum atomic E-state index is 12.1. The van der Waals surface area contributed by atoms with E-state index < -0.39 is 35.1 Å². The summed E-state index contributed by atoms with van der Waals surface area (Å²) in [7, 11) is -3.82. The summed E-state index contributed by atoms with van der Waals surface area (Å²) in [6, 6.07) is 13.4. The summed E-state index contributed by atoms with van der Waals surface area (Å²) in [5, 5.41) is 2.61. The van der Waals surface area contributed by atoms with E-state index >= 15 is 0 Å². The van der Waals surface area contributed by atoms with Crippen LogP contribution >= 0.6 is 11.8 Å². The lowest BCUT2D eigenvalue weighted by atomic mass is 10.2. The molecule has 2 N–H and O–H groups in total. The van der Waals surface area contributed by atoms with Crippen molar-refractivity contribution in [1.82, 2.24) is 4.72 Å². The first-order valence-electron chi connectivity index (χ1n) is 7.96. The Labute approximate surface area is 162 Å². The van der Waals surface area contributed by atoms with Crippen LogP contribution in [0, 0.1) is 6.92 Å². The number of hydrogen-bond acceptors (Lipinski definition) is 6. The minimum atomic E-state index is -3.82. The predicted molar refractivity (Wildman–Crippen MR) is 104 cm³/mol. The fourth-order valence-corrected chi connectivity index (χ4v) is 3.48. The Balaban J connectivity index is 1.80. The molecule has 0 aliphatic heterocycles. The molecule has 2 aromatic rings. The van der Waals surface area contributed by atoms with E-state index in [-0.39, 0.29) is 4.90 Å². The molecule has 0 spiro atoms. The molecule has 2 rings (SSSR count). The number of rotatable bonds is 8. The monoisotopic (exact) mass is 408 g/mol. The standard InChI is InChI=1S/C18H20N2O5S2/c1-13-6-8-16(9-7-13)27(23,24)19-11-18(22)25-12-17(21)20-14-4-3-5-15(10-14)26-2/h3-10,19H,11-12H2,1-2H3,(H,20,21). The molecule has 9 heteroatoms. The predicted octanol–water partition coefficient (Wildman–Crippen LogP) is 2.18. The molecule has 0 saturated heterocycles. The average molecular weight is 409 g/mol. The highest BCUT2D eigenvalue weighted by atomic mass is 32.2. The van der Waals surface area contributed by atoms with Gasteiger partial charge in [-0.3, -0.25) is 9.59 Å². The molecule has 0 saturated carbocycles. The van der Waals surface area contributed by atoms with E-state index in [1.54, 1.807) is 30.3 Å². The zero-order valence-electron chi connectivity index (χ0n) is 14.9. The molecule has 27 heavy (non-hydrogen) atoms. The SMILES string of the molecule is CSc1cccc(NC(=O)COC(=O)CNS(=O)(=O)c2ccc(C)cc2)c1. The van der Waals surface area contributed by atoms with Gasteiger partial charge in [0.1, 0.15) is 6.54 Å². The highest BCUT2D eigenvalue weighted by Crippen LogP contribution is 2.18. The number of carbonyl (C=O) groups is 2. The Morgan fingerprint density at radius 3 is 2.48 bits per heavy atom. The number of esters is 1. The van der Waals surface area contributed by atoms with Gasteiger partial charge in [-0.25, -0.2) is 8.42 Å². The van der Waals surface area contributed by atoms with Crippen molar-refractivity contribution >= 4 is 39.3 Å². The van der Waals surface area contributed by atoms with Crippen molar-refractivity contribution in [3.63, 3.8) is 0 Å². The van der Waals surface area contributed by atoms with Gasteiger partial charge in [0.25, 0.3) is 5.91 Å². The van der Waals surface area contributed by atoms with Gasteiger partial charge in [0.15, 0.2) is 6.61 Å². The van der Waals surface area contributed by atoms with E-state index in [2.05, 4.69) is 10.0 Å². The van der Waals surface area contributed by atoms with E-state index in [0.717, 1.165) is 10.5 Å². The van der Waals surface area contributed by atoms with Crippen LogP contribution in [0.2, 0.25) is 0 Å². The van der Waals surface area contributed by atoms with Gasteiger partial charge in [-0.15, -0.1) is 11.8 Å². The summed E-state index contributed by atoms with van der Waals surface area (Å²) in [5.74, 6) is -1.36. The number of thioether (sulfide) groups is 1. The number of carbonyl (C=O) groups excluding carboxylic acids is 2. The van der Waals surface area contributed by atoms with Crippen molar-refractivity contribution in [3.05, 3.63) is 54.1 Å². The molecule has 0 atom stereocenters. The number of nitrogens with one attached hydrogen (secondary N) is 2. The fourth-order valence-electron chi connectivity index (χ4n) is 2.05. The lowest BCUT2D eigenvalue weighted by Gasteiger charge is -2.09. The van der Waals surface area contributed by atoms with Gasteiger partial charge in [0.2, 0.25) is 10.0 Å². The molecule has 1 amide bonds. The van der Waals surface area contributed by atoms with Crippen molar-refractivity contribution in [1.29, 1.82) is 0 Å². The molecular weight excluding hydrogens is 388 g/mol. The Morgan fingerprint density at radius 2 is 1.81 bits per heavy atom. The van der Waals surface area contributed by atoms with Crippen LogP contribution in [0.5, 0.6) is 0 Å². The van der Waals surface area contributed by atoms with Gasteiger partial charge in [-0.05, 0) is 43.5 Å². The second kappa shape index (κ2) is 9.54. The zero-order valence-corrected chi connectivity index (χ0v) is 16.5. The molecule has 0 radical (unpaired) electrons. The topological polar surface area (TPSA) is 102 Å². The zero-order chi connectivity index (χ0) is 19.9. The van der Waals surface area contributed by atoms with Crippen LogP contribution in [0.1, 0.15) is 5.56 Å². The minimum Gasteiger partial charge on any atom is -0.455 e. The number of hydrogen-bond donors (Lipinski definition) is 2. The van der Waals surface area contributed by atoms with Gasteiger partial charge in [0, 0.05) is 10.6 Å². The number of anilines is 1. The fraction of sp³-hybridized carbons (Fsp3) is 0.222. The van der Waals surface area contributed by atoms with E-state index in [1.165, 1.54) is 23.9 Å². The minimum absolute atomic E-state index is 0.0484. The van der Waals surface area contributed by atoms with Crippen LogP contribution < -0.4 is 10.0 Å². The third-order valence-corrected chi connectivity index (χ3v) is 5.60. The average Bonchev–Trinajstić information content (AvgIpc) is 2.65. The molecule has 0 unspecified atom stereocenters. The van der Waals surface area contributed by atoms with Crippen molar-refractivity contribution in [2.45, 2.75) is 16.7 Å². The molecule has 7 nitrogen and oxygen atoms in total. The highest BCUT2D eigenvalue weighted by molar-refractivity contribution is 7.98. The van der Waals surface area contributed by atoms with Crippen LogP contribution in [0.4, 0.5) is 5.69 Å². The second-order valence-corrected chi connectivity index (χ2v) is 8.23. The summed E-state index contributed by atoms with van der Waals surface area (Å²) in [5.41, 5.74) is 1.51. The number of sulfonamides is 1. The Morgan fingerprint density at radius 1 is 1.11 bits per heavy atom. The highest BCUT2D eigenvalue weighted by Gasteiger charge is 2.16. The van der Waals surface area contributed by atoms with E-state index in [4.69, 9.17) is 4.74 Å². The third-order valence-electron chi connectivity index (χ3n) is 3.46. The summed E-state index contributed by atoms with van der Waals surface area (Å²) < 4.78 is 31.1. The largest absolute Gasteiger partial charge is 0.455 e. The summed E-state index contributed by atoms with van der Waals surface area (Å²) in [4.78, 5) is 24.6. The molecule has 0 bridgehead atoms. The van der Waals surface area contributed by atoms with Crippen LogP contribution in [0.25, 0.3) is 0 Å². The molecule has 0 fully saturated rings. The number of benzene rings is 2. The summed E-state index contributed by atoms with van der Waals surface area (Å²) in [6.45, 7) is 0.767. The van der Waals surface area contributed by atoms with Crippen molar-refractivity contribution < 1.29 is 22.7 Å². The normalized spacial score (nSPS) is 11.0. The van der Waals surface area contributed by atoms with E-state index in [0.29, 0.717) is 5.69 Å². The Bertz CT molecular complexity index is 912. The van der Waals surface area contributed by atoms with Gasteiger partial charge in [-0.1, -0.05) is 23.8 Å². The van der Waals surface area contributed by atoms with Gasteiger partial charge in [-0.2, -0.15) is 4.72 Å².